The highest BCUT2D eigenvalue weighted by Crippen LogP contribution is 2.15. The molecule has 0 saturated heterocycles. The van der Waals surface area contributed by atoms with E-state index in [0.717, 1.165) is 0 Å². The SMILES string of the molecule is F/C(Cl)=C(\F)CCBr. The van der Waals surface area contributed by atoms with E-state index >= 15 is 0 Å². The Morgan fingerprint density at radius 2 is 2.00 bits per heavy atom. The summed E-state index contributed by atoms with van der Waals surface area (Å²) in [4.78, 5) is 0. The summed E-state index contributed by atoms with van der Waals surface area (Å²) in [5, 5.41) is -0.858. The molecule has 0 aromatic heterocycles. The van der Waals surface area contributed by atoms with Crippen molar-refractivity contribution < 1.29 is 8.78 Å². The fourth-order valence-corrected chi connectivity index (χ4v) is 0.620. The summed E-state index contributed by atoms with van der Waals surface area (Å²) in [7, 11) is 0. The zero-order chi connectivity index (χ0) is 6.57. The molecule has 0 rings (SSSR count). The van der Waals surface area contributed by atoms with Gasteiger partial charge in [0.1, 0.15) is 5.83 Å². The maximum Gasteiger partial charge on any atom is 0.220 e. The molecule has 0 unspecified atom stereocenters. The topological polar surface area (TPSA) is 0 Å². The molecule has 8 heavy (non-hydrogen) atoms. The predicted octanol–water partition coefficient (Wildman–Crippen LogP) is 3.12. The summed E-state index contributed by atoms with van der Waals surface area (Å²) in [6, 6.07) is 0. The molecule has 0 aliphatic carbocycles. The van der Waals surface area contributed by atoms with Crippen molar-refractivity contribution in [1.29, 1.82) is 0 Å². The molecular weight excluding hydrogens is 201 g/mol. The second kappa shape index (κ2) is 4.27. The van der Waals surface area contributed by atoms with Crippen molar-refractivity contribution >= 4 is 27.5 Å². The Bertz CT molecular complexity index is 98.2. The van der Waals surface area contributed by atoms with E-state index in [2.05, 4.69) is 27.5 Å². The summed E-state index contributed by atoms with van der Waals surface area (Å²) in [5.41, 5.74) is 0. The van der Waals surface area contributed by atoms with Gasteiger partial charge in [0.15, 0.2) is 0 Å². The molecule has 0 fully saturated rings. The maximum atomic E-state index is 11.9. The Hall–Kier alpha value is 0.370. The first kappa shape index (κ1) is 8.37. The first-order valence-corrected chi connectivity index (χ1v) is 3.44. The lowest BCUT2D eigenvalue weighted by Crippen LogP contribution is -1.75. The fourth-order valence-electron chi connectivity index (χ4n) is 0.177. The van der Waals surface area contributed by atoms with Crippen LogP contribution >= 0.6 is 27.5 Å². The van der Waals surface area contributed by atoms with Gasteiger partial charge in [-0.2, -0.15) is 4.39 Å². The number of rotatable bonds is 2. The van der Waals surface area contributed by atoms with E-state index in [1.54, 1.807) is 0 Å². The van der Waals surface area contributed by atoms with Gasteiger partial charge < -0.3 is 0 Å². The van der Waals surface area contributed by atoms with Gasteiger partial charge in [-0.1, -0.05) is 15.9 Å². The lowest BCUT2D eigenvalue weighted by molar-refractivity contribution is 0.548. The van der Waals surface area contributed by atoms with Crippen LogP contribution in [0.5, 0.6) is 0 Å². The molecule has 0 heterocycles. The zero-order valence-electron chi connectivity index (χ0n) is 3.93. The predicted molar refractivity (Wildman–Crippen MR) is 33.5 cm³/mol. The Morgan fingerprint density at radius 1 is 1.50 bits per heavy atom. The van der Waals surface area contributed by atoms with Crippen molar-refractivity contribution in [3.63, 3.8) is 0 Å². The molecule has 48 valence electrons. The van der Waals surface area contributed by atoms with Crippen LogP contribution in [-0.4, -0.2) is 5.33 Å². The van der Waals surface area contributed by atoms with E-state index < -0.39 is 11.1 Å². The average molecular weight is 205 g/mol. The first-order chi connectivity index (χ1) is 3.68. The van der Waals surface area contributed by atoms with E-state index in [1.165, 1.54) is 0 Å². The van der Waals surface area contributed by atoms with Crippen LogP contribution in [0.2, 0.25) is 0 Å². The van der Waals surface area contributed by atoms with Crippen molar-refractivity contribution in [1.82, 2.24) is 0 Å². The van der Waals surface area contributed by atoms with Gasteiger partial charge >= 0.3 is 0 Å². The van der Waals surface area contributed by atoms with Crippen molar-refractivity contribution in [3.8, 4) is 0 Å². The van der Waals surface area contributed by atoms with E-state index in [9.17, 15) is 8.78 Å². The summed E-state index contributed by atoms with van der Waals surface area (Å²) >= 11 is 7.54. The van der Waals surface area contributed by atoms with Crippen LogP contribution in [0.1, 0.15) is 6.42 Å². The summed E-state index contributed by atoms with van der Waals surface area (Å²) < 4.78 is 23.4. The summed E-state index contributed by atoms with van der Waals surface area (Å²) in [5.74, 6) is -0.899. The third kappa shape index (κ3) is 3.38. The second-order valence-electron chi connectivity index (χ2n) is 1.10. The molecule has 0 atom stereocenters. The fraction of sp³-hybridized carbons (Fsp3) is 0.500. The van der Waals surface area contributed by atoms with E-state index in [4.69, 9.17) is 0 Å². The van der Waals surface area contributed by atoms with E-state index in [1.807, 2.05) is 0 Å². The molecule has 0 saturated carbocycles. The third-order valence-corrected chi connectivity index (χ3v) is 1.12. The highest BCUT2D eigenvalue weighted by molar-refractivity contribution is 9.09. The average Bonchev–Trinajstić information content (AvgIpc) is 1.67. The van der Waals surface area contributed by atoms with Crippen LogP contribution in [0.15, 0.2) is 11.1 Å². The third-order valence-electron chi connectivity index (χ3n) is 0.519. The number of hydrogen-bond acceptors (Lipinski definition) is 0. The monoisotopic (exact) mass is 204 g/mol. The highest BCUT2D eigenvalue weighted by atomic mass is 79.9. The smallest absolute Gasteiger partial charge is 0.208 e. The highest BCUT2D eigenvalue weighted by Gasteiger charge is 1.99. The molecule has 0 bridgehead atoms. The van der Waals surface area contributed by atoms with Gasteiger partial charge in [0.2, 0.25) is 5.29 Å². The van der Waals surface area contributed by atoms with Crippen molar-refractivity contribution in [2.75, 3.05) is 5.33 Å². The van der Waals surface area contributed by atoms with Gasteiger partial charge in [-0.15, -0.1) is 0 Å². The van der Waals surface area contributed by atoms with Crippen molar-refractivity contribution in [2.45, 2.75) is 6.42 Å². The molecule has 0 aliphatic rings. The lowest BCUT2D eigenvalue weighted by atomic mass is 10.4. The lowest BCUT2D eigenvalue weighted by Gasteiger charge is -1.87. The zero-order valence-corrected chi connectivity index (χ0v) is 6.27. The molecule has 0 radical (unpaired) electrons. The molecule has 0 aromatic rings. The van der Waals surface area contributed by atoms with E-state index in [0.29, 0.717) is 5.33 Å². The van der Waals surface area contributed by atoms with Crippen LogP contribution in [0.3, 0.4) is 0 Å². The summed E-state index contributed by atoms with van der Waals surface area (Å²) in [6.45, 7) is 0. The molecule has 0 spiro atoms. The van der Waals surface area contributed by atoms with E-state index in [-0.39, 0.29) is 6.42 Å². The normalized spacial score (nSPS) is 13.5. The molecule has 4 heteroatoms. The number of alkyl halides is 1. The van der Waals surface area contributed by atoms with Gasteiger partial charge in [0.25, 0.3) is 0 Å². The molecule has 0 nitrogen and oxygen atoms in total. The standard InChI is InChI=1S/C4H4BrClF2/c5-2-1-3(7)4(6)8/h1-2H2/b4-3-. The summed E-state index contributed by atoms with van der Waals surface area (Å²) in [6.07, 6.45) is 0.00926. The largest absolute Gasteiger partial charge is 0.220 e. The van der Waals surface area contributed by atoms with Gasteiger partial charge in [-0.3, -0.25) is 0 Å². The maximum absolute atomic E-state index is 11.9. The number of halogens is 4. The minimum Gasteiger partial charge on any atom is -0.208 e. The number of hydrogen-bond donors (Lipinski definition) is 0. The molecule has 0 aromatic carbocycles. The minimum absolute atomic E-state index is 0.00926. The van der Waals surface area contributed by atoms with Gasteiger partial charge in [-0.05, 0) is 11.6 Å². The van der Waals surface area contributed by atoms with Crippen molar-refractivity contribution in [2.24, 2.45) is 0 Å². The Balaban J connectivity index is 3.62. The van der Waals surface area contributed by atoms with Gasteiger partial charge in [0, 0.05) is 11.8 Å². The van der Waals surface area contributed by atoms with Gasteiger partial charge in [-0.25, -0.2) is 4.39 Å². The van der Waals surface area contributed by atoms with Crippen LogP contribution in [0, 0.1) is 0 Å². The van der Waals surface area contributed by atoms with Gasteiger partial charge in [0.05, 0.1) is 0 Å². The Kier molecular flexibility index (Phi) is 4.47. The van der Waals surface area contributed by atoms with Crippen LogP contribution in [0.25, 0.3) is 0 Å². The minimum atomic E-state index is -1.25. The number of allylic oxidation sites excluding steroid dienone is 1. The Morgan fingerprint density at radius 3 is 2.12 bits per heavy atom. The molecule has 0 amide bonds. The molecular formula is C4H4BrClF2. The van der Waals surface area contributed by atoms with Crippen LogP contribution in [-0.2, 0) is 0 Å². The van der Waals surface area contributed by atoms with Crippen molar-refractivity contribution in [3.05, 3.63) is 11.1 Å². The molecule has 0 aliphatic heterocycles. The Labute approximate surface area is 59.6 Å². The second-order valence-corrected chi connectivity index (χ2v) is 2.23. The first-order valence-electron chi connectivity index (χ1n) is 1.94. The van der Waals surface area contributed by atoms with Crippen LogP contribution in [0.4, 0.5) is 8.78 Å². The van der Waals surface area contributed by atoms with Crippen LogP contribution < -0.4 is 0 Å². The quantitative estimate of drug-likeness (QED) is 0.608. The molecule has 0 N–H and O–H groups in total.